The van der Waals surface area contributed by atoms with Gasteiger partial charge in [0.05, 0.1) is 6.54 Å². The zero-order valence-corrected chi connectivity index (χ0v) is 16.0. The van der Waals surface area contributed by atoms with Gasteiger partial charge in [0.2, 0.25) is 0 Å². The zero-order chi connectivity index (χ0) is 18.4. The maximum Gasteiger partial charge on any atom is 0.258 e. The summed E-state index contributed by atoms with van der Waals surface area (Å²) in [6.45, 7) is 1.39. The smallest absolute Gasteiger partial charge is 0.258 e. The summed E-state index contributed by atoms with van der Waals surface area (Å²) >= 11 is 1.20. The first-order valence-electron chi connectivity index (χ1n) is 8.59. The first-order valence-corrected chi connectivity index (χ1v) is 10.8. The second-order valence-electron chi connectivity index (χ2n) is 6.06. The first kappa shape index (κ1) is 18.9. The molecule has 3 rings (SSSR count). The minimum atomic E-state index is -3.41. The lowest BCUT2D eigenvalue weighted by molar-refractivity contribution is -0.123. The Labute approximate surface area is 157 Å². The molecule has 1 fully saturated rings. The fourth-order valence-corrected chi connectivity index (χ4v) is 5.69. The van der Waals surface area contributed by atoms with E-state index in [4.69, 9.17) is 4.74 Å². The summed E-state index contributed by atoms with van der Waals surface area (Å²) in [4.78, 5) is 12.7. The molecule has 6 nitrogen and oxygen atoms in total. The summed E-state index contributed by atoms with van der Waals surface area (Å²) in [5.74, 6) is 0.386. The molecule has 1 aromatic carbocycles. The molecule has 0 spiro atoms. The molecule has 0 saturated carbocycles. The van der Waals surface area contributed by atoms with Gasteiger partial charge in [0, 0.05) is 18.0 Å². The van der Waals surface area contributed by atoms with Gasteiger partial charge in [-0.25, -0.2) is 8.42 Å². The number of carbonyl (C=O) groups is 1. The van der Waals surface area contributed by atoms with E-state index in [1.807, 2.05) is 18.2 Å². The van der Waals surface area contributed by atoms with Crippen LogP contribution in [0.3, 0.4) is 0 Å². The van der Waals surface area contributed by atoms with Crippen LogP contribution in [0, 0.1) is 0 Å². The second kappa shape index (κ2) is 8.66. The van der Waals surface area contributed by atoms with Crippen molar-refractivity contribution in [1.29, 1.82) is 0 Å². The van der Waals surface area contributed by atoms with Crippen molar-refractivity contribution in [3.63, 3.8) is 0 Å². The summed E-state index contributed by atoms with van der Waals surface area (Å²) in [7, 11) is -3.41. The number of carbonyl (C=O) groups excluding carboxylic acids is 1. The fourth-order valence-electron chi connectivity index (χ4n) is 2.73. The van der Waals surface area contributed by atoms with Crippen LogP contribution >= 0.6 is 11.3 Å². The van der Waals surface area contributed by atoms with Crippen LogP contribution in [0.2, 0.25) is 0 Å². The van der Waals surface area contributed by atoms with Gasteiger partial charge in [-0.15, -0.1) is 11.3 Å². The van der Waals surface area contributed by atoms with Gasteiger partial charge in [-0.1, -0.05) is 24.6 Å². The number of hydrogen-bond donors (Lipinski definition) is 1. The van der Waals surface area contributed by atoms with Crippen molar-refractivity contribution in [1.82, 2.24) is 9.62 Å². The number of sulfonamides is 1. The molecule has 0 unspecified atom stereocenters. The van der Waals surface area contributed by atoms with Crippen LogP contribution in [0.15, 0.2) is 46.7 Å². The molecule has 1 amide bonds. The van der Waals surface area contributed by atoms with Crippen molar-refractivity contribution in [2.45, 2.75) is 30.0 Å². The van der Waals surface area contributed by atoms with E-state index in [0.29, 0.717) is 23.0 Å². The Balaban J connectivity index is 1.51. The van der Waals surface area contributed by atoms with Gasteiger partial charge in [0.25, 0.3) is 15.9 Å². The Kier molecular flexibility index (Phi) is 6.29. The van der Waals surface area contributed by atoms with E-state index in [0.717, 1.165) is 24.1 Å². The summed E-state index contributed by atoms with van der Waals surface area (Å²) in [6, 6.07) is 12.5. The topological polar surface area (TPSA) is 75.7 Å². The van der Waals surface area contributed by atoms with E-state index in [2.05, 4.69) is 5.32 Å². The van der Waals surface area contributed by atoms with E-state index in [-0.39, 0.29) is 19.1 Å². The molecular formula is C18H22N2O4S2. The van der Waals surface area contributed by atoms with Crippen molar-refractivity contribution in [3.8, 4) is 5.75 Å². The molecule has 1 saturated heterocycles. The third kappa shape index (κ3) is 4.84. The van der Waals surface area contributed by atoms with Crippen LogP contribution in [0.25, 0.3) is 0 Å². The predicted octanol–water partition coefficient (Wildman–Crippen LogP) is 2.62. The highest BCUT2D eigenvalue weighted by molar-refractivity contribution is 7.91. The Morgan fingerprint density at radius 1 is 1.08 bits per heavy atom. The molecule has 26 heavy (non-hydrogen) atoms. The van der Waals surface area contributed by atoms with Gasteiger partial charge >= 0.3 is 0 Å². The van der Waals surface area contributed by atoms with Gasteiger partial charge in [-0.2, -0.15) is 4.31 Å². The van der Waals surface area contributed by atoms with E-state index in [9.17, 15) is 13.2 Å². The summed E-state index contributed by atoms with van der Waals surface area (Å²) < 4.78 is 32.5. The number of hydrogen-bond acceptors (Lipinski definition) is 5. The normalized spacial score (nSPS) is 15.5. The molecule has 1 N–H and O–H groups in total. The minimum Gasteiger partial charge on any atom is -0.484 e. The molecule has 1 aliphatic heterocycles. The van der Waals surface area contributed by atoms with Gasteiger partial charge in [0.15, 0.2) is 6.61 Å². The highest BCUT2D eigenvalue weighted by Crippen LogP contribution is 2.27. The number of nitrogens with one attached hydrogen (secondary N) is 1. The SMILES string of the molecule is O=C(COc1ccccc1)NCc1ccc(S(=O)(=O)N2CCCCC2)s1. The van der Waals surface area contributed by atoms with Crippen molar-refractivity contribution < 1.29 is 17.9 Å². The quantitative estimate of drug-likeness (QED) is 0.783. The van der Waals surface area contributed by atoms with Gasteiger partial charge < -0.3 is 10.1 Å². The molecule has 0 atom stereocenters. The summed E-state index contributed by atoms with van der Waals surface area (Å²) in [5, 5.41) is 2.75. The number of nitrogens with zero attached hydrogens (tertiary/aromatic N) is 1. The maximum atomic E-state index is 12.6. The van der Waals surface area contributed by atoms with Gasteiger partial charge in [0.1, 0.15) is 9.96 Å². The second-order valence-corrected chi connectivity index (χ2v) is 9.40. The monoisotopic (exact) mass is 394 g/mol. The average molecular weight is 395 g/mol. The number of rotatable bonds is 7. The van der Waals surface area contributed by atoms with Crippen LogP contribution in [0.4, 0.5) is 0 Å². The van der Waals surface area contributed by atoms with E-state index >= 15 is 0 Å². The van der Waals surface area contributed by atoms with Crippen molar-refractivity contribution in [2.24, 2.45) is 0 Å². The molecule has 1 aliphatic rings. The predicted molar refractivity (Wildman–Crippen MR) is 101 cm³/mol. The van der Waals surface area contributed by atoms with Crippen LogP contribution in [0.5, 0.6) is 5.75 Å². The zero-order valence-electron chi connectivity index (χ0n) is 14.4. The Hall–Kier alpha value is -1.90. The van der Waals surface area contributed by atoms with Crippen LogP contribution < -0.4 is 10.1 Å². The van der Waals surface area contributed by atoms with Gasteiger partial charge in [-0.3, -0.25) is 4.79 Å². The van der Waals surface area contributed by atoms with Crippen LogP contribution in [-0.2, 0) is 21.4 Å². The molecule has 2 heterocycles. The maximum absolute atomic E-state index is 12.6. The van der Waals surface area contributed by atoms with E-state index in [1.165, 1.54) is 11.3 Å². The van der Waals surface area contributed by atoms with Gasteiger partial charge in [-0.05, 0) is 37.1 Å². The lowest BCUT2D eigenvalue weighted by Gasteiger charge is -2.25. The Morgan fingerprint density at radius 2 is 1.81 bits per heavy atom. The molecule has 8 heteroatoms. The molecule has 140 valence electrons. The summed E-state index contributed by atoms with van der Waals surface area (Å²) in [6.07, 6.45) is 2.91. The number of thiophene rings is 1. The lowest BCUT2D eigenvalue weighted by Crippen LogP contribution is -2.35. The van der Waals surface area contributed by atoms with Crippen molar-refractivity contribution in [3.05, 3.63) is 47.3 Å². The summed E-state index contributed by atoms with van der Waals surface area (Å²) in [5.41, 5.74) is 0. The number of ether oxygens (including phenoxy) is 1. The lowest BCUT2D eigenvalue weighted by atomic mass is 10.2. The molecule has 0 aliphatic carbocycles. The molecule has 0 radical (unpaired) electrons. The average Bonchev–Trinajstić information content (AvgIpc) is 3.16. The third-order valence-electron chi connectivity index (χ3n) is 4.12. The Morgan fingerprint density at radius 3 is 2.54 bits per heavy atom. The highest BCUT2D eigenvalue weighted by Gasteiger charge is 2.27. The Bertz CT molecular complexity index is 828. The third-order valence-corrected chi connectivity index (χ3v) is 7.57. The highest BCUT2D eigenvalue weighted by atomic mass is 32.2. The number of benzene rings is 1. The van der Waals surface area contributed by atoms with Crippen LogP contribution in [0.1, 0.15) is 24.1 Å². The number of piperidine rings is 1. The fraction of sp³-hybridized carbons (Fsp3) is 0.389. The minimum absolute atomic E-state index is 0.0751. The van der Waals surface area contributed by atoms with Crippen LogP contribution in [-0.4, -0.2) is 38.3 Å². The van der Waals surface area contributed by atoms with Crippen molar-refractivity contribution in [2.75, 3.05) is 19.7 Å². The molecular weight excluding hydrogens is 372 g/mol. The molecule has 0 bridgehead atoms. The molecule has 1 aromatic heterocycles. The number of para-hydroxylation sites is 1. The van der Waals surface area contributed by atoms with Crippen molar-refractivity contribution >= 4 is 27.3 Å². The largest absolute Gasteiger partial charge is 0.484 e. The number of amides is 1. The standard InChI is InChI=1S/C18H22N2O4S2/c21-17(14-24-15-7-3-1-4-8-15)19-13-16-9-10-18(25-16)26(22,23)20-11-5-2-6-12-20/h1,3-4,7-10H,2,5-6,11-14H2,(H,19,21). The molecule has 2 aromatic rings. The first-order chi connectivity index (χ1) is 12.6. The van der Waals surface area contributed by atoms with E-state index in [1.54, 1.807) is 28.6 Å². The van der Waals surface area contributed by atoms with E-state index < -0.39 is 10.0 Å².